The molecule has 0 radical (unpaired) electrons. The molecule has 0 bridgehead atoms. The zero-order valence-electron chi connectivity index (χ0n) is 10.5. The molecule has 1 aliphatic carbocycles. The monoisotopic (exact) mass is 437 g/mol. The molecule has 0 aliphatic heterocycles. The zero-order valence-corrected chi connectivity index (χ0v) is 15.2. The minimum Gasteiger partial charge on any atom is -0.380 e. The molecule has 4 heteroatoms. The standard InChI is InChI=1S/C14H18Br3N/c1-2-9-5-3-4-6-13(9)18-14-11(16)7-10(15)8-12(14)17/h7-9,13,18H,2-6H2,1H3. The van der Waals surface area contributed by atoms with E-state index in [4.69, 9.17) is 0 Å². The zero-order chi connectivity index (χ0) is 13.1. The Hall–Kier alpha value is 0.460. The highest BCUT2D eigenvalue weighted by atomic mass is 79.9. The summed E-state index contributed by atoms with van der Waals surface area (Å²) in [5.74, 6) is 0.807. The van der Waals surface area contributed by atoms with E-state index in [-0.39, 0.29) is 0 Å². The van der Waals surface area contributed by atoms with Crippen molar-refractivity contribution in [2.24, 2.45) is 5.92 Å². The first-order valence-electron chi connectivity index (χ1n) is 6.53. The summed E-state index contributed by atoms with van der Waals surface area (Å²) < 4.78 is 3.32. The van der Waals surface area contributed by atoms with Crippen LogP contribution in [0.5, 0.6) is 0 Å². The van der Waals surface area contributed by atoms with Crippen LogP contribution in [0.3, 0.4) is 0 Å². The van der Waals surface area contributed by atoms with Gasteiger partial charge in [0.15, 0.2) is 0 Å². The van der Waals surface area contributed by atoms with Crippen LogP contribution in [0, 0.1) is 5.92 Å². The van der Waals surface area contributed by atoms with Gasteiger partial charge in [0, 0.05) is 19.5 Å². The second-order valence-electron chi connectivity index (χ2n) is 4.95. The predicted molar refractivity (Wildman–Crippen MR) is 89.2 cm³/mol. The highest BCUT2D eigenvalue weighted by Gasteiger charge is 2.24. The van der Waals surface area contributed by atoms with Crippen molar-refractivity contribution >= 4 is 53.5 Å². The summed E-state index contributed by atoms with van der Waals surface area (Å²) in [6.45, 7) is 2.30. The first-order valence-corrected chi connectivity index (χ1v) is 8.90. The van der Waals surface area contributed by atoms with E-state index in [0.717, 1.165) is 19.3 Å². The van der Waals surface area contributed by atoms with Gasteiger partial charge in [-0.05, 0) is 62.8 Å². The normalized spacial score (nSPS) is 24.0. The minimum atomic E-state index is 0.609. The lowest BCUT2D eigenvalue weighted by Crippen LogP contribution is -2.32. The lowest BCUT2D eigenvalue weighted by atomic mass is 9.83. The molecule has 1 aromatic carbocycles. The van der Waals surface area contributed by atoms with Crippen LogP contribution in [-0.2, 0) is 0 Å². The van der Waals surface area contributed by atoms with Gasteiger partial charge in [0.25, 0.3) is 0 Å². The van der Waals surface area contributed by atoms with Crippen LogP contribution >= 0.6 is 47.8 Å². The van der Waals surface area contributed by atoms with Crippen molar-refractivity contribution in [3.05, 3.63) is 25.6 Å². The molecule has 1 aromatic rings. The molecule has 1 N–H and O–H groups in total. The third-order valence-corrected chi connectivity index (χ3v) is 5.48. The fraction of sp³-hybridized carbons (Fsp3) is 0.571. The van der Waals surface area contributed by atoms with Crippen molar-refractivity contribution in [1.82, 2.24) is 0 Å². The summed E-state index contributed by atoms with van der Waals surface area (Å²) >= 11 is 10.8. The molecule has 1 nitrogen and oxygen atoms in total. The van der Waals surface area contributed by atoms with Crippen molar-refractivity contribution in [2.45, 2.75) is 45.1 Å². The van der Waals surface area contributed by atoms with Crippen molar-refractivity contribution in [3.8, 4) is 0 Å². The van der Waals surface area contributed by atoms with Crippen molar-refractivity contribution in [1.29, 1.82) is 0 Å². The van der Waals surface area contributed by atoms with Gasteiger partial charge in [0.1, 0.15) is 0 Å². The Bertz CT molecular complexity index is 396. The molecule has 100 valence electrons. The second kappa shape index (κ2) is 6.76. The highest BCUT2D eigenvalue weighted by Crippen LogP contribution is 2.37. The third kappa shape index (κ3) is 3.51. The van der Waals surface area contributed by atoms with Crippen molar-refractivity contribution in [2.75, 3.05) is 5.32 Å². The Morgan fingerprint density at radius 3 is 2.33 bits per heavy atom. The Kier molecular flexibility index (Phi) is 5.58. The largest absolute Gasteiger partial charge is 0.380 e. The summed E-state index contributed by atoms with van der Waals surface area (Å²) in [5, 5.41) is 3.73. The summed E-state index contributed by atoms with van der Waals surface area (Å²) in [6, 6.07) is 4.80. The molecule has 1 aliphatic rings. The summed E-state index contributed by atoms with van der Waals surface area (Å²) in [4.78, 5) is 0. The SMILES string of the molecule is CCC1CCCCC1Nc1c(Br)cc(Br)cc1Br. The minimum absolute atomic E-state index is 0.609. The van der Waals surface area contributed by atoms with Gasteiger partial charge < -0.3 is 5.32 Å². The molecule has 0 heterocycles. The van der Waals surface area contributed by atoms with Crippen LogP contribution in [0.2, 0.25) is 0 Å². The fourth-order valence-corrected chi connectivity index (χ4v) is 5.24. The van der Waals surface area contributed by atoms with Gasteiger partial charge in [-0.2, -0.15) is 0 Å². The van der Waals surface area contributed by atoms with Crippen molar-refractivity contribution in [3.63, 3.8) is 0 Å². The van der Waals surface area contributed by atoms with Crippen LogP contribution < -0.4 is 5.32 Å². The predicted octanol–water partition coefficient (Wildman–Crippen LogP) is 6.35. The van der Waals surface area contributed by atoms with Gasteiger partial charge in [-0.15, -0.1) is 0 Å². The Morgan fingerprint density at radius 1 is 1.11 bits per heavy atom. The Morgan fingerprint density at radius 2 is 1.72 bits per heavy atom. The smallest absolute Gasteiger partial charge is 0.0632 e. The molecular weight excluding hydrogens is 422 g/mol. The van der Waals surface area contributed by atoms with Crippen LogP contribution in [0.1, 0.15) is 39.0 Å². The fourth-order valence-electron chi connectivity index (χ4n) is 2.75. The Balaban J connectivity index is 2.17. The second-order valence-corrected chi connectivity index (χ2v) is 7.57. The number of rotatable bonds is 3. The van der Waals surface area contributed by atoms with E-state index < -0.39 is 0 Å². The average Bonchev–Trinajstić information content (AvgIpc) is 2.34. The number of hydrogen-bond donors (Lipinski definition) is 1. The molecule has 1 saturated carbocycles. The lowest BCUT2D eigenvalue weighted by molar-refractivity contribution is 0.317. The molecule has 1 fully saturated rings. The summed E-state index contributed by atoms with van der Waals surface area (Å²) in [6.07, 6.45) is 6.65. The third-order valence-electron chi connectivity index (χ3n) is 3.77. The van der Waals surface area contributed by atoms with Crippen LogP contribution in [0.4, 0.5) is 5.69 Å². The van der Waals surface area contributed by atoms with E-state index in [1.165, 1.54) is 37.8 Å². The number of nitrogens with one attached hydrogen (secondary N) is 1. The van der Waals surface area contributed by atoms with E-state index in [1.54, 1.807) is 0 Å². The Labute approximate surface area is 134 Å². The van der Waals surface area contributed by atoms with Gasteiger partial charge in [0.05, 0.1) is 5.69 Å². The first kappa shape index (κ1) is 14.9. The van der Waals surface area contributed by atoms with E-state index in [2.05, 4.69) is 72.2 Å². The van der Waals surface area contributed by atoms with Gasteiger partial charge in [-0.1, -0.05) is 42.1 Å². The van der Waals surface area contributed by atoms with Gasteiger partial charge in [0.2, 0.25) is 0 Å². The maximum Gasteiger partial charge on any atom is 0.0632 e. The molecule has 0 aromatic heterocycles. The maximum atomic E-state index is 3.73. The highest BCUT2D eigenvalue weighted by molar-refractivity contribution is 9.11. The molecule has 0 saturated heterocycles. The summed E-state index contributed by atoms with van der Waals surface area (Å²) in [7, 11) is 0. The molecule has 2 rings (SSSR count). The van der Waals surface area contributed by atoms with E-state index in [0.29, 0.717) is 6.04 Å². The van der Waals surface area contributed by atoms with E-state index >= 15 is 0 Å². The topological polar surface area (TPSA) is 12.0 Å². The quantitative estimate of drug-likeness (QED) is 0.578. The maximum absolute atomic E-state index is 3.73. The number of hydrogen-bond acceptors (Lipinski definition) is 1. The number of halogens is 3. The van der Waals surface area contributed by atoms with Crippen LogP contribution in [0.15, 0.2) is 25.6 Å². The molecule has 2 atom stereocenters. The first-order chi connectivity index (χ1) is 8.61. The molecular formula is C14H18Br3N. The average molecular weight is 440 g/mol. The lowest BCUT2D eigenvalue weighted by Gasteiger charge is -2.33. The van der Waals surface area contributed by atoms with Gasteiger partial charge >= 0.3 is 0 Å². The summed E-state index contributed by atoms with van der Waals surface area (Å²) in [5.41, 5.74) is 1.18. The van der Waals surface area contributed by atoms with Crippen molar-refractivity contribution < 1.29 is 0 Å². The molecule has 0 amide bonds. The van der Waals surface area contributed by atoms with E-state index in [1.807, 2.05) is 0 Å². The molecule has 18 heavy (non-hydrogen) atoms. The van der Waals surface area contributed by atoms with E-state index in [9.17, 15) is 0 Å². The van der Waals surface area contributed by atoms with Gasteiger partial charge in [-0.25, -0.2) is 0 Å². The van der Waals surface area contributed by atoms with Gasteiger partial charge in [-0.3, -0.25) is 0 Å². The molecule has 0 spiro atoms. The number of benzene rings is 1. The van der Waals surface area contributed by atoms with Crippen LogP contribution in [0.25, 0.3) is 0 Å². The number of anilines is 1. The molecule has 2 unspecified atom stereocenters. The van der Waals surface area contributed by atoms with Crippen LogP contribution in [-0.4, -0.2) is 6.04 Å².